The van der Waals surface area contributed by atoms with Crippen LogP contribution in [0, 0.1) is 6.92 Å². The smallest absolute Gasteiger partial charge is 0.348 e. The monoisotopic (exact) mass is 455 g/mol. The van der Waals surface area contributed by atoms with Crippen molar-refractivity contribution in [2.24, 2.45) is 0 Å². The molecular weight excluding hydrogens is 426 g/mol. The van der Waals surface area contributed by atoms with Crippen LogP contribution in [0.2, 0.25) is 0 Å². The zero-order chi connectivity index (χ0) is 23.1. The quantitative estimate of drug-likeness (QED) is 0.446. The third kappa shape index (κ3) is 5.41. The minimum absolute atomic E-state index is 0.0964. The van der Waals surface area contributed by atoms with Gasteiger partial charge in [0.15, 0.2) is 0 Å². The standard InChI is InChI=1S/C23H29N5O3S/c1-5-28(6-2)13-12-24-21(29)16-8-10-17(11-9-16)27-20-18-15(4)19(23(30)31-7-3)32-22(18)26-14-25-20/h8-11,14H,5-7,12-13H2,1-4H3,(H,24,29)(H,25,26,27). The van der Waals surface area contributed by atoms with Crippen LogP contribution >= 0.6 is 11.3 Å². The highest BCUT2D eigenvalue weighted by molar-refractivity contribution is 7.20. The summed E-state index contributed by atoms with van der Waals surface area (Å²) in [5.74, 6) is 0.159. The SMILES string of the molecule is CCOC(=O)c1sc2ncnc(Nc3ccc(C(=O)NCCN(CC)CC)cc3)c2c1C. The van der Waals surface area contributed by atoms with Crippen LogP contribution in [-0.2, 0) is 4.74 Å². The molecular formula is C23H29N5O3S. The number of nitrogens with one attached hydrogen (secondary N) is 2. The Bertz CT molecular complexity index is 1080. The van der Waals surface area contributed by atoms with Crippen LogP contribution in [0.3, 0.4) is 0 Å². The van der Waals surface area contributed by atoms with E-state index in [9.17, 15) is 9.59 Å². The first kappa shape index (κ1) is 23.6. The molecule has 2 aromatic heterocycles. The lowest BCUT2D eigenvalue weighted by atomic mass is 10.1. The maximum absolute atomic E-state index is 12.4. The summed E-state index contributed by atoms with van der Waals surface area (Å²) in [6, 6.07) is 7.22. The molecule has 0 saturated carbocycles. The highest BCUT2D eigenvalue weighted by atomic mass is 32.1. The number of thiophene rings is 1. The van der Waals surface area contributed by atoms with Gasteiger partial charge in [0.25, 0.3) is 5.91 Å². The van der Waals surface area contributed by atoms with Gasteiger partial charge in [-0.15, -0.1) is 11.3 Å². The zero-order valence-corrected chi connectivity index (χ0v) is 19.7. The van der Waals surface area contributed by atoms with E-state index in [1.165, 1.54) is 17.7 Å². The zero-order valence-electron chi connectivity index (χ0n) is 18.9. The highest BCUT2D eigenvalue weighted by Gasteiger charge is 2.20. The number of aryl methyl sites for hydroxylation is 1. The van der Waals surface area contributed by atoms with Gasteiger partial charge < -0.3 is 20.3 Å². The maximum Gasteiger partial charge on any atom is 0.348 e. The van der Waals surface area contributed by atoms with Crippen molar-refractivity contribution >= 4 is 44.9 Å². The predicted molar refractivity (Wildman–Crippen MR) is 128 cm³/mol. The van der Waals surface area contributed by atoms with Crippen LogP contribution in [0.4, 0.5) is 11.5 Å². The number of carbonyl (C=O) groups excluding carboxylic acids is 2. The first-order valence-electron chi connectivity index (χ1n) is 10.8. The largest absolute Gasteiger partial charge is 0.462 e. The Morgan fingerprint density at radius 1 is 1.09 bits per heavy atom. The molecule has 0 aliphatic heterocycles. The first-order valence-corrected chi connectivity index (χ1v) is 11.6. The van der Waals surface area contributed by atoms with Gasteiger partial charge in [0.05, 0.1) is 12.0 Å². The highest BCUT2D eigenvalue weighted by Crippen LogP contribution is 2.34. The third-order valence-electron chi connectivity index (χ3n) is 5.21. The normalized spacial score (nSPS) is 11.0. The number of benzene rings is 1. The molecule has 8 nitrogen and oxygen atoms in total. The molecule has 0 unspecified atom stereocenters. The molecule has 32 heavy (non-hydrogen) atoms. The fraction of sp³-hybridized carbons (Fsp3) is 0.391. The Morgan fingerprint density at radius 3 is 2.47 bits per heavy atom. The van der Waals surface area contributed by atoms with Crippen molar-refractivity contribution in [3.8, 4) is 0 Å². The van der Waals surface area contributed by atoms with E-state index in [2.05, 4.69) is 39.3 Å². The van der Waals surface area contributed by atoms with Crippen LogP contribution < -0.4 is 10.6 Å². The van der Waals surface area contributed by atoms with E-state index in [4.69, 9.17) is 4.74 Å². The number of nitrogens with zero attached hydrogens (tertiary/aromatic N) is 3. The molecule has 0 atom stereocenters. The summed E-state index contributed by atoms with van der Waals surface area (Å²) in [5, 5.41) is 7.03. The summed E-state index contributed by atoms with van der Waals surface area (Å²) in [6.45, 7) is 11.6. The van der Waals surface area contributed by atoms with Crippen LogP contribution in [0.1, 0.15) is 46.4 Å². The van der Waals surface area contributed by atoms with Gasteiger partial charge in [-0.2, -0.15) is 0 Å². The molecule has 0 saturated heterocycles. The van der Waals surface area contributed by atoms with Crippen molar-refractivity contribution in [1.29, 1.82) is 0 Å². The van der Waals surface area contributed by atoms with Crippen LogP contribution in [0.5, 0.6) is 0 Å². The van der Waals surface area contributed by atoms with Crippen molar-refractivity contribution in [3.05, 3.63) is 46.6 Å². The lowest BCUT2D eigenvalue weighted by Gasteiger charge is -2.18. The van der Waals surface area contributed by atoms with Crippen molar-refractivity contribution in [2.45, 2.75) is 27.7 Å². The van der Waals surface area contributed by atoms with Gasteiger partial charge in [0.1, 0.15) is 21.9 Å². The molecule has 3 rings (SSSR count). The Kier molecular flexibility index (Phi) is 8.13. The molecule has 0 spiro atoms. The Morgan fingerprint density at radius 2 is 1.81 bits per heavy atom. The molecule has 0 fully saturated rings. The van der Waals surface area contributed by atoms with Gasteiger partial charge in [-0.1, -0.05) is 13.8 Å². The van der Waals surface area contributed by atoms with E-state index >= 15 is 0 Å². The summed E-state index contributed by atoms with van der Waals surface area (Å²) in [5.41, 5.74) is 2.17. The fourth-order valence-corrected chi connectivity index (χ4v) is 4.41. The van der Waals surface area contributed by atoms with Crippen LogP contribution in [0.15, 0.2) is 30.6 Å². The number of hydrogen-bond acceptors (Lipinski definition) is 8. The molecule has 0 bridgehead atoms. The third-order valence-corrected chi connectivity index (χ3v) is 6.39. The van der Waals surface area contributed by atoms with Gasteiger partial charge in [-0.05, 0) is 56.8 Å². The van der Waals surface area contributed by atoms with Crippen molar-refractivity contribution in [3.63, 3.8) is 0 Å². The van der Waals surface area contributed by atoms with Crippen LogP contribution in [-0.4, -0.2) is 59.5 Å². The van der Waals surface area contributed by atoms with Gasteiger partial charge >= 0.3 is 5.97 Å². The number of anilines is 2. The lowest BCUT2D eigenvalue weighted by molar-refractivity contribution is 0.0531. The molecule has 2 heterocycles. The van der Waals surface area contributed by atoms with E-state index in [1.54, 1.807) is 19.1 Å². The van der Waals surface area contributed by atoms with Gasteiger partial charge in [0.2, 0.25) is 0 Å². The molecule has 1 amide bonds. The lowest BCUT2D eigenvalue weighted by Crippen LogP contribution is -2.34. The number of hydrogen-bond donors (Lipinski definition) is 2. The number of carbonyl (C=O) groups is 2. The van der Waals surface area contributed by atoms with E-state index in [0.29, 0.717) is 34.2 Å². The minimum Gasteiger partial charge on any atom is -0.462 e. The van der Waals surface area contributed by atoms with E-state index in [0.717, 1.165) is 36.3 Å². The summed E-state index contributed by atoms with van der Waals surface area (Å²) in [6.07, 6.45) is 1.47. The molecule has 0 aliphatic rings. The number of likely N-dealkylation sites (N-methyl/N-ethyl adjacent to an activating group) is 1. The Balaban J connectivity index is 1.71. The minimum atomic E-state index is -0.352. The van der Waals surface area contributed by atoms with Crippen molar-refractivity contribution in [1.82, 2.24) is 20.2 Å². The second kappa shape index (κ2) is 11.0. The second-order valence-corrected chi connectivity index (χ2v) is 8.16. The molecule has 0 aliphatic carbocycles. The number of amides is 1. The predicted octanol–water partition coefficient (Wildman–Crippen LogP) is 3.99. The van der Waals surface area contributed by atoms with E-state index in [-0.39, 0.29) is 11.9 Å². The number of rotatable bonds is 10. The number of esters is 1. The van der Waals surface area contributed by atoms with E-state index < -0.39 is 0 Å². The number of ether oxygens (including phenoxy) is 1. The average molecular weight is 456 g/mol. The van der Waals surface area contributed by atoms with E-state index in [1.807, 2.05) is 19.1 Å². The molecule has 0 radical (unpaired) electrons. The fourth-order valence-electron chi connectivity index (χ4n) is 3.37. The maximum atomic E-state index is 12.4. The molecule has 2 N–H and O–H groups in total. The number of fused-ring (bicyclic) bond motifs is 1. The molecule has 3 aromatic rings. The Hall–Kier alpha value is -3.04. The summed E-state index contributed by atoms with van der Waals surface area (Å²) < 4.78 is 5.15. The average Bonchev–Trinajstić information content (AvgIpc) is 3.15. The van der Waals surface area contributed by atoms with Crippen LogP contribution in [0.25, 0.3) is 10.2 Å². The molecule has 170 valence electrons. The topological polar surface area (TPSA) is 96.5 Å². The van der Waals surface area contributed by atoms with Crippen molar-refractivity contribution in [2.75, 3.05) is 38.1 Å². The van der Waals surface area contributed by atoms with Gasteiger partial charge in [-0.25, -0.2) is 14.8 Å². The Labute approximate surface area is 192 Å². The van der Waals surface area contributed by atoms with Crippen molar-refractivity contribution < 1.29 is 14.3 Å². The molecule has 9 heteroatoms. The van der Waals surface area contributed by atoms with Gasteiger partial charge in [-0.3, -0.25) is 4.79 Å². The summed E-state index contributed by atoms with van der Waals surface area (Å²) >= 11 is 1.29. The first-order chi connectivity index (χ1) is 15.5. The molecule has 1 aromatic carbocycles. The second-order valence-electron chi connectivity index (χ2n) is 7.16. The number of aromatic nitrogens is 2. The van der Waals surface area contributed by atoms with Gasteiger partial charge in [0, 0.05) is 24.3 Å². The summed E-state index contributed by atoms with van der Waals surface area (Å²) in [4.78, 5) is 36.8. The summed E-state index contributed by atoms with van der Waals surface area (Å²) in [7, 11) is 0.